The van der Waals surface area contributed by atoms with E-state index in [0.29, 0.717) is 12.5 Å². The fourth-order valence-corrected chi connectivity index (χ4v) is 3.45. The second-order valence-electron chi connectivity index (χ2n) is 6.79. The van der Waals surface area contributed by atoms with E-state index in [1.54, 1.807) is 13.3 Å². The molecule has 0 saturated carbocycles. The Morgan fingerprint density at radius 2 is 1.72 bits per heavy atom. The summed E-state index contributed by atoms with van der Waals surface area (Å²) in [4.78, 5) is 13.6. The second-order valence-corrected chi connectivity index (χ2v) is 6.79. The summed E-state index contributed by atoms with van der Waals surface area (Å²) in [6.45, 7) is 4.25. The molecule has 0 bridgehead atoms. The van der Waals surface area contributed by atoms with E-state index < -0.39 is 0 Å². The molecule has 3 aromatic rings. The van der Waals surface area contributed by atoms with Crippen molar-refractivity contribution in [1.82, 2.24) is 20.2 Å². The van der Waals surface area contributed by atoms with Gasteiger partial charge in [-0.25, -0.2) is 4.98 Å². The maximum Gasteiger partial charge on any atom is 0.244 e. The van der Waals surface area contributed by atoms with Gasteiger partial charge in [0.25, 0.3) is 0 Å². The van der Waals surface area contributed by atoms with Crippen LogP contribution in [0.15, 0.2) is 54.9 Å². The van der Waals surface area contributed by atoms with Gasteiger partial charge in [0.1, 0.15) is 11.6 Å². The lowest BCUT2D eigenvalue weighted by molar-refractivity contribution is 0.410. The van der Waals surface area contributed by atoms with E-state index >= 15 is 0 Å². The van der Waals surface area contributed by atoms with Crippen molar-refractivity contribution in [2.45, 2.75) is 6.42 Å². The molecule has 0 spiro atoms. The number of methoxy groups -OCH3 is 1. The summed E-state index contributed by atoms with van der Waals surface area (Å²) in [6, 6.07) is 14.0. The largest absolute Gasteiger partial charge is 0.496 e. The Balaban J connectivity index is 1.32. The number of nitrogens with zero attached hydrogens (tertiary/aromatic N) is 6. The number of hydrogen-bond acceptors (Lipinski definition) is 8. The quantitative estimate of drug-likeness (QED) is 0.657. The van der Waals surface area contributed by atoms with Gasteiger partial charge in [0.15, 0.2) is 5.82 Å². The summed E-state index contributed by atoms with van der Waals surface area (Å²) < 4.78 is 5.40. The van der Waals surface area contributed by atoms with Gasteiger partial charge in [-0.05, 0) is 30.2 Å². The number of rotatable bonds is 7. The first kappa shape index (κ1) is 18.9. The molecule has 2 aromatic heterocycles. The van der Waals surface area contributed by atoms with E-state index in [2.05, 4.69) is 41.3 Å². The molecule has 1 aromatic carbocycles. The van der Waals surface area contributed by atoms with Crippen molar-refractivity contribution in [3.05, 3.63) is 60.4 Å². The molecule has 0 unspecified atom stereocenters. The van der Waals surface area contributed by atoms with Gasteiger partial charge in [-0.3, -0.25) is 0 Å². The Morgan fingerprint density at radius 3 is 2.48 bits per heavy atom. The highest BCUT2D eigenvalue weighted by Gasteiger charge is 2.19. The Bertz CT molecular complexity index is 914. The number of benzene rings is 1. The molecule has 4 rings (SSSR count). The molecule has 0 radical (unpaired) electrons. The van der Waals surface area contributed by atoms with Crippen LogP contribution >= 0.6 is 0 Å². The minimum absolute atomic E-state index is 0.546. The van der Waals surface area contributed by atoms with Crippen LogP contribution in [0.5, 0.6) is 5.75 Å². The maximum atomic E-state index is 5.40. The van der Waals surface area contributed by atoms with Crippen LogP contribution in [0.1, 0.15) is 5.56 Å². The van der Waals surface area contributed by atoms with Crippen LogP contribution in [-0.4, -0.2) is 60.0 Å². The topological polar surface area (TPSA) is 79.3 Å². The number of hydrogen-bond donors (Lipinski definition) is 1. The highest BCUT2D eigenvalue weighted by atomic mass is 16.5. The monoisotopic (exact) mass is 391 g/mol. The third-order valence-corrected chi connectivity index (χ3v) is 4.99. The van der Waals surface area contributed by atoms with E-state index in [1.807, 2.05) is 42.6 Å². The van der Waals surface area contributed by atoms with Crippen LogP contribution in [-0.2, 0) is 6.42 Å². The number of nitrogens with one attached hydrogen (secondary N) is 1. The van der Waals surface area contributed by atoms with Gasteiger partial charge in [-0.1, -0.05) is 24.3 Å². The van der Waals surface area contributed by atoms with Gasteiger partial charge in [-0.2, -0.15) is 10.1 Å². The molecule has 29 heavy (non-hydrogen) atoms. The number of piperazine rings is 1. The van der Waals surface area contributed by atoms with Crippen molar-refractivity contribution < 1.29 is 4.74 Å². The fourth-order valence-electron chi connectivity index (χ4n) is 3.45. The van der Waals surface area contributed by atoms with E-state index in [1.165, 1.54) is 0 Å². The zero-order valence-electron chi connectivity index (χ0n) is 16.5. The molecule has 1 saturated heterocycles. The molecule has 1 N–H and O–H groups in total. The highest BCUT2D eigenvalue weighted by molar-refractivity contribution is 5.45. The molecule has 1 fully saturated rings. The molecular formula is C21H25N7O. The zero-order chi connectivity index (χ0) is 19.9. The van der Waals surface area contributed by atoms with E-state index in [-0.39, 0.29) is 0 Å². The van der Waals surface area contributed by atoms with Crippen molar-refractivity contribution in [1.29, 1.82) is 0 Å². The van der Waals surface area contributed by atoms with Crippen molar-refractivity contribution >= 4 is 17.6 Å². The summed E-state index contributed by atoms with van der Waals surface area (Å²) in [5.74, 6) is 3.31. The number of pyridine rings is 1. The molecule has 1 aliphatic heterocycles. The number of aromatic nitrogens is 4. The number of anilines is 3. The third kappa shape index (κ3) is 4.71. The summed E-state index contributed by atoms with van der Waals surface area (Å²) >= 11 is 0. The average molecular weight is 391 g/mol. The second kappa shape index (κ2) is 9.18. The van der Waals surface area contributed by atoms with Crippen LogP contribution in [0.25, 0.3) is 0 Å². The minimum Gasteiger partial charge on any atom is -0.496 e. The first-order valence-corrected chi connectivity index (χ1v) is 9.80. The number of ether oxygens (including phenoxy) is 1. The fraction of sp³-hybridized carbons (Fsp3) is 0.333. The molecule has 8 heteroatoms. The Morgan fingerprint density at radius 1 is 0.966 bits per heavy atom. The van der Waals surface area contributed by atoms with E-state index in [9.17, 15) is 0 Å². The SMILES string of the molecule is COc1ccccc1CCNc1nncc(N2CCN(c3ccccn3)CC2)n1. The van der Waals surface area contributed by atoms with E-state index in [0.717, 1.165) is 55.5 Å². The third-order valence-electron chi connectivity index (χ3n) is 4.99. The summed E-state index contributed by atoms with van der Waals surface area (Å²) in [7, 11) is 1.69. The summed E-state index contributed by atoms with van der Waals surface area (Å²) in [5, 5.41) is 11.5. The van der Waals surface area contributed by atoms with Gasteiger partial charge >= 0.3 is 0 Å². The minimum atomic E-state index is 0.546. The lowest BCUT2D eigenvalue weighted by Gasteiger charge is -2.35. The van der Waals surface area contributed by atoms with Crippen molar-refractivity contribution in [2.24, 2.45) is 0 Å². The lowest BCUT2D eigenvalue weighted by atomic mass is 10.1. The van der Waals surface area contributed by atoms with Crippen molar-refractivity contribution in [2.75, 3.05) is 55.0 Å². The molecule has 3 heterocycles. The normalized spacial score (nSPS) is 14.0. The van der Waals surface area contributed by atoms with Gasteiger partial charge in [0, 0.05) is 38.9 Å². The molecule has 8 nitrogen and oxygen atoms in total. The summed E-state index contributed by atoms with van der Waals surface area (Å²) in [6.07, 6.45) is 4.38. The zero-order valence-corrected chi connectivity index (χ0v) is 16.5. The van der Waals surface area contributed by atoms with Gasteiger partial charge in [0.05, 0.1) is 13.3 Å². The van der Waals surface area contributed by atoms with Crippen molar-refractivity contribution in [3.8, 4) is 5.75 Å². The lowest BCUT2D eigenvalue weighted by Crippen LogP contribution is -2.47. The Hall–Kier alpha value is -3.42. The maximum absolute atomic E-state index is 5.40. The van der Waals surface area contributed by atoms with Crippen LogP contribution in [0, 0.1) is 0 Å². The first-order valence-electron chi connectivity index (χ1n) is 9.80. The average Bonchev–Trinajstić information content (AvgIpc) is 2.80. The van der Waals surface area contributed by atoms with Gasteiger partial charge in [0.2, 0.25) is 5.95 Å². The van der Waals surface area contributed by atoms with Crippen LogP contribution < -0.4 is 19.9 Å². The van der Waals surface area contributed by atoms with Gasteiger partial charge < -0.3 is 19.9 Å². The van der Waals surface area contributed by atoms with Crippen LogP contribution in [0.3, 0.4) is 0 Å². The summed E-state index contributed by atoms with van der Waals surface area (Å²) in [5.41, 5.74) is 1.15. The standard InChI is InChI=1S/C21H25N7O/c1-29-18-7-3-2-6-17(18)9-11-23-21-25-20(16-24-26-21)28-14-12-27(13-15-28)19-8-4-5-10-22-19/h2-8,10,16H,9,11-15H2,1H3,(H,23,25,26). The highest BCUT2D eigenvalue weighted by Crippen LogP contribution is 2.19. The molecule has 1 aliphatic rings. The Kier molecular flexibility index (Phi) is 5.99. The molecular weight excluding hydrogens is 366 g/mol. The van der Waals surface area contributed by atoms with Gasteiger partial charge in [-0.15, -0.1) is 5.10 Å². The van der Waals surface area contributed by atoms with Crippen LogP contribution in [0.2, 0.25) is 0 Å². The molecule has 0 aliphatic carbocycles. The smallest absolute Gasteiger partial charge is 0.244 e. The van der Waals surface area contributed by atoms with Crippen LogP contribution in [0.4, 0.5) is 17.6 Å². The molecule has 150 valence electrons. The first-order chi connectivity index (χ1) is 14.3. The van der Waals surface area contributed by atoms with Crippen molar-refractivity contribution in [3.63, 3.8) is 0 Å². The predicted molar refractivity (Wildman–Crippen MR) is 114 cm³/mol. The molecule has 0 amide bonds. The van der Waals surface area contributed by atoms with E-state index in [4.69, 9.17) is 4.74 Å². The Labute approximate surface area is 170 Å². The predicted octanol–water partition coefficient (Wildman–Crippen LogP) is 2.26. The molecule has 0 atom stereocenters. The number of para-hydroxylation sites is 1.